The van der Waals surface area contributed by atoms with Gasteiger partial charge in [-0.15, -0.1) is 0 Å². The maximum Gasteiger partial charge on any atom is 0.229 e. The van der Waals surface area contributed by atoms with Crippen molar-refractivity contribution in [2.75, 3.05) is 12.4 Å². The molecule has 9 heteroatoms. The molecule has 6 nitrogen and oxygen atoms in total. The van der Waals surface area contributed by atoms with E-state index in [4.69, 9.17) is 32.7 Å². The summed E-state index contributed by atoms with van der Waals surface area (Å²) in [4.78, 5) is 15.9. The number of benzene rings is 2. The third kappa shape index (κ3) is 8.80. The van der Waals surface area contributed by atoms with Gasteiger partial charge in [-0.2, -0.15) is 0 Å². The summed E-state index contributed by atoms with van der Waals surface area (Å²) in [5.74, 6) is -0.596. The van der Waals surface area contributed by atoms with Crippen LogP contribution < -0.4 is 0 Å². The van der Waals surface area contributed by atoms with E-state index in [0.717, 1.165) is 17.0 Å². The quantitative estimate of drug-likeness (QED) is 0.308. The van der Waals surface area contributed by atoms with Gasteiger partial charge in [0.2, 0.25) is 5.91 Å². The minimum absolute atomic E-state index is 0.0207. The SMILES string of the molecule is CCC(/C=C/S(=O)(=O)CC)N1C(=O)[C@@](C)(CC2COC(C)(C)O2)CC[C@H]1c1ccc(Cl)cc1.Clc1ccccc1. The summed E-state index contributed by atoms with van der Waals surface area (Å²) < 4.78 is 36.1. The highest BCUT2D eigenvalue weighted by atomic mass is 35.5. The molecule has 2 fully saturated rings. The van der Waals surface area contributed by atoms with Crippen LogP contribution in [-0.4, -0.2) is 49.5 Å². The van der Waals surface area contributed by atoms with Crippen molar-refractivity contribution in [1.29, 1.82) is 0 Å². The minimum Gasteiger partial charge on any atom is -0.348 e. The third-order valence-corrected chi connectivity index (χ3v) is 9.36. The summed E-state index contributed by atoms with van der Waals surface area (Å²) in [6, 6.07) is 16.5. The van der Waals surface area contributed by atoms with E-state index in [-0.39, 0.29) is 29.8 Å². The molecule has 0 N–H and O–H groups in total. The normalized spacial score (nSPS) is 25.5. The van der Waals surface area contributed by atoms with Gasteiger partial charge in [0.25, 0.3) is 0 Å². The van der Waals surface area contributed by atoms with Crippen LogP contribution in [0.25, 0.3) is 0 Å². The number of hydrogen-bond donors (Lipinski definition) is 0. The smallest absolute Gasteiger partial charge is 0.229 e. The van der Waals surface area contributed by atoms with Crippen molar-refractivity contribution >= 4 is 38.9 Å². The number of amides is 1. The van der Waals surface area contributed by atoms with E-state index < -0.39 is 21.0 Å². The zero-order valence-corrected chi connectivity index (χ0v) is 26.3. The van der Waals surface area contributed by atoms with Crippen LogP contribution in [0.5, 0.6) is 0 Å². The van der Waals surface area contributed by atoms with Gasteiger partial charge in [-0.1, -0.05) is 80.4 Å². The van der Waals surface area contributed by atoms with Gasteiger partial charge in [0, 0.05) is 20.9 Å². The molecule has 0 aliphatic carbocycles. The van der Waals surface area contributed by atoms with Gasteiger partial charge in [0.15, 0.2) is 15.6 Å². The first-order valence-corrected chi connectivity index (χ1v) is 16.3. The Morgan fingerprint density at radius 2 is 1.65 bits per heavy atom. The molecule has 0 spiro atoms. The zero-order valence-electron chi connectivity index (χ0n) is 24.0. The van der Waals surface area contributed by atoms with Gasteiger partial charge in [0.05, 0.1) is 30.5 Å². The van der Waals surface area contributed by atoms with Crippen LogP contribution in [-0.2, 0) is 24.1 Å². The predicted molar refractivity (Wildman–Crippen MR) is 162 cm³/mol. The van der Waals surface area contributed by atoms with Crippen LogP contribution in [0.15, 0.2) is 66.1 Å². The van der Waals surface area contributed by atoms with E-state index in [1.807, 2.05) is 87.2 Å². The first kappa shape index (κ1) is 32.6. The number of hydrogen-bond acceptors (Lipinski definition) is 5. The van der Waals surface area contributed by atoms with Gasteiger partial charge < -0.3 is 14.4 Å². The Bertz CT molecular complexity index is 1250. The second-order valence-electron chi connectivity index (χ2n) is 11.1. The van der Waals surface area contributed by atoms with Crippen molar-refractivity contribution in [1.82, 2.24) is 4.90 Å². The number of rotatable bonds is 8. The van der Waals surface area contributed by atoms with Crippen molar-refractivity contribution in [3.05, 3.63) is 81.7 Å². The van der Waals surface area contributed by atoms with Crippen LogP contribution in [0.3, 0.4) is 0 Å². The fraction of sp³-hybridized carbons (Fsp3) is 0.516. The molecule has 220 valence electrons. The second kappa shape index (κ2) is 13.8. The molecule has 2 unspecified atom stereocenters. The number of ether oxygens (including phenoxy) is 2. The van der Waals surface area contributed by atoms with Crippen molar-refractivity contribution in [2.24, 2.45) is 5.41 Å². The second-order valence-corrected chi connectivity index (χ2v) is 14.1. The third-order valence-electron chi connectivity index (χ3n) is 7.48. The molecule has 4 atom stereocenters. The Morgan fingerprint density at radius 1 is 1.02 bits per heavy atom. The first-order valence-electron chi connectivity index (χ1n) is 13.8. The van der Waals surface area contributed by atoms with E-state index in [0.29, 0.717) is 30.9 Å². The number of sulfone groups is 1. The number of nitrogens with zero attached hydrogens (tertiary/aromatic N) is 1. The lowest BCUT2D eigenvalue weighted by atomic mass is 9.73. The van der Waals surface area contributed by atoms with Crippen LogP contribution in [0, 0.1) is 5.41 Å². The summed E-state index contributed by atoms with van der Waals surface area (Å²) in [6.45, 7) is 9.81. The molecule has 2 aliphatic rings. The molecule has 2 aliphatic heterocycles. The van der Waals surface area contributed by atoms with E-state index in [1.165, 1.54) is 5.41 Å². The lowest BCUT2D eigenvalue weighted by molar-refractivity contribution is -0.160. The van der Waals surface area contributed by atoms with Crippen molar-refractivity contribution < 1.29 is 22.7 Å². The Morgan fingerprint density at radius 3 is 2.15 bits per heavy atom. The summed E-state index contributed by atoms with van der Waals surface area (Å²) in [5.41, 5.74) is 0.379. The fourth-order valence-corrected chi connectivity index (χ4v) is 6.14. The van der Waals surface area contributed by atoms with Gasteiger partial charge >= 0.3 is 0 Å². The maximum atomic E-state index is 14.1. The van der Waals surface area contributed by atoms with E-state index in [2.05, 4.69) is 0 Å². The summed E-state index contributed by atoms with van der Waals surface area (Å²) in [5, 5.41) is 2.69. The molecule has 4 rings (SSSR count). The first-order chi connectivity index (χ1) is 18.8. The molecule has 2 aromatic carbocycles. The van der Waals surface area contributed by atoms with Crippen molar-refractivity contribution in [3.63, 3.8) is 0 Å². The number of halogens is 2. The molecule has 0 saturated carbocycles. The molecule has 0 bridgehead atoms. The summed E-state index contributed by atoms with van der Waals surface area (Å²) >= 11 is 11.6. The monoisotopic (exact) mass is 609 g/mol. The highest BCUT2D eigenvalue weighted by Gasteiger charge is 2.48. The number of carbonyl (C=O) groups is 1. The molecular weight excluding hydrogens is 569 g/mol. The maximum absolute atomic E-state index is 14.1. The Hall–Kier alpha value is -1.90. The van der Waals surface area contributed by atoms with Crippen LogP contribution in [0.2, 0.25) is 10.0 Å². The Labute approximate surface area is 249 Å². The topological polar surface area (TPSA) is 72.9 Å². The predicted octanol–water partition coefficient (Wildman–Crippen LogP) is 7.62. The molecule has 2 heterocycles. The fourth-order valence-electron chi connectivity index (χ4n) is 5.25. The van der Waals surface area contributed by atoms with Crippen molar-refractivity contribution in [2.45, 2.75) is 84.3 Å². The number of carbonyl (C=O) groups excluding carboxylic acids is 1. The number of likely N-dealkylation sites (tertiary alicyclic amines) is 1. The molecule has 40 heavy (non-hydrogen) atoms. The van der Waals surface area contributed by atoms with Gasteiger partial charge in [0.1, 0.15) is 0 Å². The van der Waals surface area contributed by atoms with E-state index >= 15 is 0 Å². The average Bonchev–Trinajstić information content (AvgIpc) is 3.25. The molecule has 1 amide bonds. The molecule has 0 radical (unpaired) electrons. The van der Waals surface area contributed by atoms with E-state index in [9.17, 15) is 13.2 Å². The standard InChI is InChI=1S/C25H36ClNO5S.C6H5Cl/c1-6-20(13-15-33(29,30)7-2)27-22(18-8-10-19(26)11-9-18)12-14-25(5,23(27)28)16-21-17-31-24(3,4)32-21;7-6-4-2-1-3-5-6/h8-11,13,15,20-22H,6-7,12,14,16-17H2,1-5H3;1-5H/b15-13+;/t20?,21?,22-,25+;/m0./s1. The van der Waals surface area contributed by atoms with Crippen molar-refractivity contribution in [3.8, 4) is 0 Å². The van der Waals surface area contributed by atoms with Gasteiger partial charge in [-0.05, 0) is 69.4 Å². The molecular formula is C31H41Cl2NO5S. The lowest BCUT2D eigenvalue weighted by Crippen LogP contribution is -2.53. The Kier molecular flexibility index (Phi) is 11.3. The molecule has 0 aromatic heterocycles. The highest BCUT2D eigenvalue weighted by Crippen LogP contribution is 2.46. The minimum atomic E-state index is -3.30. The summed E-state index contributed by atoms with van der Waals surface area (Å²) in [7, 11) is -3.30. The van der Waals surface area contributed by atoms with E-state index in [1.54, 1.807) is 13.0 Å². The van der Waals surface area contributed by atoms with Gasteiger partial charge in [-0.3, -0.25) is 4.79 Å². The Balaban J connectivity index is 0.000000547. The molecule has 2 saturated heterocycles. The highest BCUT2D eigenvalue weighted by molar-refractivity contribution is 7.94. The largest absolute Gasteiger partial charge is 0.348 e. The summed E-state index contributed by atoms with van der Waals surface area (Å²) in [6.07, 6.45) is 4.17. The average molecular weight is 611 g/mol. The lowest BCUT2D eigenvalue weighted by Gasteiger charge is -2.48. The van der Waals surface area contributed by atoms with Crippen LogP contribution in [0.4, 0.5) is 0 Å². The number of piperidine rings is 1. The van der Waals surface area contributed by atoms with Crippen LogP contribution in [0.1, 0.15) is 71.9 Å². The van der Waals surface area contributed by atoms with Gasteiger partial charge in [-0.25, -0.2) is 8.42 Å². The van der Waals surface area contributed by atoms with Crippen LogP contribution >= 0.6 is 23.2 Å². The zero-order chi connectivity index (χ0) is 29.6. The molecule has 2 aromatic rings.